The van der Waals surface area contributed by atoms with Crippen molar-refractivity contribution in [1.29, 1.82) is 0 Å². The van der Waals surface area contributed by atoms with E-state index in [9.17, 15) is 5.21 Å². The van der Waals surface area contributed by atoms with Crippen LogP contribution in [0.1, 0.15) is 112 Å². The Morgan fingerprint density at radius 3 is 2.45 bits per heavy atom. The van der Waals surface area contributed by atoms with Crippen molar-refractivity contribution in [3.8, 4) is 0 Å². The number of rotatable bonds is 6. The summed E-state index contributed by atoms with van der Waals surface area (Å²) in [6, 6.07) is 0. The molecule has 3 saturated carbocycles. The fourth-order valence-corrected chi connectivity index (χ4v) is 9.31. The largest absolute Gasteiger partial charge is 0.411 e. The molecule has 0 aromatic rings. The second-order valence-corrected chi connectivity index (χ2v) is 12.8. The molecule has 0 saturated heterocycles. The molecular weight excluding hydrogens is 378 g/mol. The average molecular weight is 428 g/mol. The van der Waals surface area contributed by atoms with Crippen molar-refractivity contribution in [2.24, 2.45) is 57.4 Å². The summed E-state index contributed by atoms with van der Waals surface area (Å²) in [7, 11) is 0. The van der Waals surface area contributed by atoms with Crippen molar-refractivity contribution in [2.45, 2.75) is 112 Å². The van der Waals surface area contributed by atoms with E-state index in [-0.39, 0.29) is 0 Å². The molecule has 176 valence electrons. The van der Waals surface area contributed by atoms with Crippen LogP contribution in [-0.2, 0) is 0 Å². The molecular formula is C29H49NO. The molecule has 0 unspecified atom stereocenters. The molecule has 0 aromatic heterocycles. The van der Waals surface area contributed by atoms with Gasteiger partial charge in [-0.25, -0.2) is 0 Å². The number of fused-ring (bicyclic) bond motifs is 5. The lowest BCUT2D eigenvalue weighted by molar-refractivity contribution is -0.0576. The Kier molecular flexibility index (Phi) is 6.68. The number of hydrogen-bond donors (Lipinski definition) is 1. The quantitative estimate of drug-likeness (QED) is 0.334. The van der Waals surface area contributed by atoms with Gasteiger partial charge in [-0.3, -0.25) is 0 Å². The molecule has 4 rings (SSSR count). The van der Waals surface area contributed by atoms with Crippen LogP contribution in [0.4, 0.5) is 0 Å². The monoisotopic (exact) mass is 427 g/mol. The van der Waals surface area contributed by atoms with E-state index in [1.807, 2.05) is 0 Å². The minimum absolute atomic E-state index is 0.355. The molecule has 0 aliphatic heterocycles. The highest BCUT2D eigenvalue weighted by atomic mass is 16.4. The van der Waals surface area contributed by atoms with Crippen LogP contribution < -0.4 is 0 Å². The van der Waals surface area contributed by atoms with Crippen LogP contribution in [0.25, 0.3) is 0 Å². The first kappa shape index (κ1) is 23.4. The van der Waals surface area contributed by atoms with Gasteiger partial charge in [0, 0.05) is 0 Å². The Hall–Kier alpha value is -0.790. The van der Waals surface area contributed by atoms with Crippen molar-refractivity contribution >= 4 is 5.71 Å². The Balaban J connectivity index is 1.48. The summed E-state index contributed by atoms with van der Waals surface area (Å²) in [4.78, 5) is 0. The SMILES string of the molecule is CC[C@H](CC[C@@H](C)[C@H]1CC[C@H]2[C@@H]3CCC4=CC(=NO)CC[C@]4(C)[C@H]3CC[C@]12C)C(C)C. The highest BCUT2D eigenvalue weighted by Gasteiger charge is 2.59. The lowest BCUT2D eigenvalue weighted by atomic mass is 9.46. The molecule has 2 heteroatoms. The summed E-state index contributed by atoms with van der Waals surface area (Å²) in [5, 5.41) is 12.9. The molecule has 0 aromatic carbocycles. The Morgan fingerprint density at radius 2 is 1.77 bits per heavy atom. The maximum atomic E-state index is 9.30. The van der Waals surface area contributed by atoms with Crippen molar-refractivity contribution in [1.82, 2.24) is 0 Å². The molecule has 0 bridgehead atoms. The molecule has 0 amide bonds. The zero-order valence-corrected chi connectivity index (χ0v) is 21.3. The maximum absolute atomic E-state index is 9.30. The topological polar surface area (TPSA) is 32.6 Å². The third-order valence-corrected chi connectivity index (χ3v) is 11.3. The van der Waals surface area contributed by atoms with Gasteiger partial charge < -0.3 is 5.21 Å². The smallest absolute Gasteiger partial charge is 0.0795 e. The fraction of sp³-hybridized carbons (Fsp3) is 0.897. The van der Waals surface area contributed by atoms with Crippen LogP contribution in [-0.4, -0.2) is 10.9 Å². The summed E-state index contributed by atoms with van der Waals surface area (Å²) in [5.41, 5.74) is 3.43. The molecule has 31 heavy (non-hydrogen) atoms. The fourth-order valence-electron chi connectivity index (χ4n) is 9.31. The van der Waals surface area contributed by atoms with Crippen LogP contribution in [0, 0.1) is 52.3 Å². The zero-order valence-electron chi connectivity index (χ0n) is 21.3. The van der Waals surface area contributed by atoms with Gasteiger partial charge in [0.15, 0.2) is 0 Å². The third-order valence-electron chi connectivity index (χ3n) is 11.3. The number of oxime groups is 1. The van der Waals surface area contributed by atoms with E-state index >= 15 is 0 Å². The van der Waals surface area contributed by atoms with E-state index in [0.29, 0.717) is 10.8 Å². The first-order valence-corrected chi connectivity index (χ1v) is 13.7. The molecule has 2 nitrogen and oxygen atoms in total. The molecule has 1 N–H and O–H groups in total. The molecule has 4 aliphatic rings. The summed E-state index contributed by atoms with van der Waals surface area (Å²) < 4.78 is 0. The van der Waals surface area contributed by atoms with Crippen molar-refractivity contribution in [3.05, 3.63) is 11.6 Å². The van der Waals surface area contributed by atoms with E-state index in [4.69, 9.17) is 0 Å². The van der Waals surface area contributed by atoms with Crippen LogP contribution in [0.5, 0.6) is 0 Å². The summed E-state index contributed by atoms with van der Waals surface area (Å²) in [5.74, 6) is 6.27. The molecule has 0 spiro atoms. The van der Waals surface area contributed by atoms with Gasteiger partial charge in [-0.05, 0) is 116 Å². The van der Waals surface area contributed by atoms with Gasteiger partial charge in [0.05, 0.1) is 5.71 Å². The number of allylic oxidation sites excluding steroid dienone is 2. The van der Waals surface area contributed by atoms with Crippen molar-refractivity contribution < 1.29 is 5.21 Å². The van der Waals surface area contributed by atoms with E-state index in [1.54, 1.807) is 5.57 Å². The Labute approximate surface area is 192 Å². The Bertz CT molecular complexity index is 708. The third kappa shape index (κ3) is 3.93. The predicted molar refractivity (Wildman–Crippen MR) is 131 cm³/mol. The highest BCUT2D eigenvalue weighted by molar-refractivity contribution is 5.96. The summed E-state index contributed by atoms with van der Waals surface area (Å²) >= 11 is 0. The first-order valence-electron chi connectivity index (χ1n) is 13.7. The van der Waals surface area contributed by atoms with E-state index in [0.717, 1.165) is 53.6 Å². The minimum Gasteiger partial charge on any atom is -0.411 e. The lowest BCUT2D eigenvalue weighted by Crippen LogP contribution is -2.51. The van der Waals surface area contributed by atoms with Gasteiger partial charge in [0.1, 0.15) is 0 Å². The second kappa shape index (κ2) is 8.86. The zero-order chi connectivity index (χ0) is 22.4. The minimum atomic E-state index is 0.355. The van der Waals surface area contributed by atoms with Crippen LogP contribution in [0.3, 0.4) is 0 Å². The normalized spacial score (nSPS) is 43.2. The first-order chi connectivity index (χ1) is 14.7. The van der Waals surface area contributed by atoms with E-state index in [2.05, 4.69) is 52.8 Å². The maximum Gasteiger partial charge on any atom is 0.0795 e. The van der Waals surface area contributed by atoms with Gasteiger partial charge in [0.25, 0.3) is 0 Å². The van der Waals surface area contributed by atoms with Crippen molar-refractivity contribution in [2.75, 3.05) is 0 Å². The molecule has 0 heterocycles. The summed E-state index contributed by atoms with van der Waals surface area (Å²) in [6.07, 6.45) is 17.0. The van der Waals surface area contributed by atoms with Gasteiger partial charge in [-0.15, -0.1) is 0 Å². The number of hydrogen-bond acceptors (Lipinski definition) is 2. The van der Waals surface area contributed by atoms with Gasteiger partial charge in [-0.2, -0.15) is 0 Å². The van der Waals surface area contributed by atoms with Gasteiger partial charge >= 0.3 is 0 Å². The average Bonchev–Trinajstić information content (AvgIpc) is 3.10. The molecule has 8 atom stereocenters. The molecule has 0 radical (unpaired) electrons. The predicted octanol–water partition coefficient (Wildman–Crippen LogP) is 8.49. The highest BCUT2D eigenvalue weighted by Crippen LogP contribution is 2.67. The van der Waals surface area contributed by atoms with E-state index in [1.165, 1.54) is 64.2 Å². The van der Waals surface area contributed by atoms with E-state index < -0.39 is 0 Å². The molecule has 3 fully saturated rings. The lowest BCUT2D eigenvalue weighted by Gasteiger charge is -2.58. The van der Waals surface area contributed by atoms with Crippen molar-refractivity contribution in [3.63, 3.8) is 0 Å². The number of nitrogens with zero attached hydrogens (tertiary/aromatic N) is 1. The Morgan fingerprint density at radius 1 is 1.00 bits per heavy atom. The standard InChI is InChI=1S/C29H49NO/c1-7-21(19(2)3)9-8-20(4)25-12-13-26-24-11-10-22-18-23(30-31)14-16-28(22,5)27(24)15-17-29(25,26)6/h18-21,24-27,31H,7-17H2,1-6H3/t20-,21-,24+,25-,26+,27+,28+,29-/m1/s1. The van der Waals surface area contributed by atoms with Crippen LogP contribution in [0.2, 0.25) is 0 Å². The molecule has 4 aliphatic carbocycles. The van der Waals surface area contributed by atoms with Crippen LogP contribution in [0.15, 0.2) is 16.8 Å². The van der Waals surface area contributed by atoms with Gasteiger partial charge in [-0.1, -0.05) is 65.1 Å². The van der Waals surface area contributed by atoms with Crippen LogP contribution >= 0.6 is 0 Å². The summed E-state index contributed by atoms with van der Waals surface area (Å²) in [6.45, 7) is 15.1. The second-order valence-electron chi connectivity index (χ2n) is 12.8. The van der Waals surface area contributed by atoms with Gasteiger partial charge in [0.2, 0.25) is 0 Å².